The van der Waals surface area contributed by atoms with Crippen molar-refractivity contribution in [1.82, 2.24) is 0 Å². The Balaban J connectivity index is 1.30. The minimum absolute atomic E-state index is 0.963. The zero-order chi connectivity index (χ0) is 9.17. The lowest BCUT2D eigenvalue weighted by Gasteiger charge is -2.25. The Bertz CT molecular complexity index is 286. The van der Waals surface area contributed by atoms with Crippen molar-refractivity contribution < 1.29 is 0 Å². The van der Waals surface area contributed by atoms with E-state index in [4.69, 9.17) is 0 Å². The van der Waals surface area contributed by atoms with Gasteiger partial charge in [-0.25, -0.2) is 0 Å². The van der Waals surface area contributed by atoms with Gasteiger partial charge >= 0.3 is 0 Å². The third-order valence-corrected chi connectivity index (χ3v) is 6.34. The average molecular weight is 206 g/mol. The van der Waals surface area contributed by atoms with Crippen LogP contribution < -0.4 is 0 Å². The molecule has 0 aromatic carbocycles. The van der Waals surface area contributed by atoms with E-state index < -0.39 is 0 Å². The molecule has 0 aromatic rings. The van der Waals surface area contributed by atoms with Gasteiger partial charge < -0.3 is 0 Å². The number of hydrogen-bond acceptors (Lipinski definition) is 0. The van der Waals surface area contributed by atoms with E-state index in [1.807, 2.05) is 0 Å². The highest BCUT2D eigenvalue weighted by molar-refractivity contribution is 7.51. The number of fused-ring (bicyclic) bond motifs is 1. The monoisotopic (exact) mass is 206 g/mol. The van der Waals surface area contributed by atoms with E-state index in [9.17, 15) is 0 Å². The molecule has 3 fully saturated rings. The Morgan fingerprint density at radius 3 is 2.64 bits per heavy atom. The van der Waals surface area contributed by atoms with Gasteiger partial charge in [-0.2, -0.15) is 0 Å². The first-order valence-corrected chi connectivity index (χ1v) is 7.48. The summed E-state index contributed by atoms with van der Waals surface area (Å²) in [5.41, 5.74) is 1.98. The van der Waals surface area contributed by atoms with Gasteiger partial charge in [-0.3, -0.25) is 0 Å². The zero-order valence-electron chi connectivity index (χ0n) is 8.78. The summed E-state index contributed by atoms with van der Waals surface area (Å²) in [7, 11) is 1.64. The first-order chi connectivity index (χ1) is 6.91. The van der Waals surface area contributed by atoms with Gasteiger partial charge in [0.25, 0.3) is 0 Å². The lowest BCUT2D eigenvalue weighted by Crippen LogP contribution is -2.16. The summed E-state index contributed by atoms with van der Waals surface area (Å²) in [4.78, 5) is 0. The lowest BCUT2D eigenvalue weighted by molar-refractivity contribution is 0.245. The molecule has 4 unspecified atom stereocenters. The second-order valence-electron chi connectivity index (χ2n) is 5.93. The van der Waals surface area contributed by atoms with E-state index in [1.54, 1.807) is 40.3 Å². The fraction of sp³-hybridized carbons (Fsp3) is 0.923. The maximum atomic E-state index is 2.46. The predicted molar refractivity (Wildman–Crippen MR) is 62.0 cm³/mol. The standard InChI is InChI=1S/C13H19P/c1(2-10-8-14-10)3-11-12-6-7-13(11,12)9-4-5-9/h8-12H,1-7H2. The molecule has 4 aliphatic rings. The predicted octanol–water partition coefficient (Wildman–Crippen LogP) is 3.72. The van der Waals surface area contributed by atoms with E-state index in [1.165, 1.54) is 30.6 Å². The molecule has 14 heavy (non-hydrogen) atoms. The Labute approximate surface area is 88.3 Å². The highest BCUT2D eigenvalue weighted by atomic mass is 31.1. The van der Waals surface area contributed by atoms with Crippen LogP contribution in [0.5, 0.6) is 0 Å². The van der Waals surface area contributed by atoms with Crippen molar-refractivity contribution in [2.24, 2.45) is 23.2 Å². The summed E-state index contributed by atoms with van der Waals surface area (Å²) >= 11 is 0. The molecule has 4 atom stereocenters. The highest BCUT2D eigenvalue weighted by Crippen LogP contribution is 2.81. The van der Waals surface area contributed by atoms with Crippen molar-refractivity contribution in [3.8, 4) is 0 Å². The van der Waals surface area contributed by atoms with Crippen LogP contribution in [0, 0.1) is 23.2 Å². The van der Waals surface area contributed by atoms with E-state index in [2.05, 4.69) is 5.80 Å². The van der Waals surface area contributed by atoms with Crippen LogP contribution in [0.1, 0.15) is 44.9 Å². The van der Waals surface area contributed by atoms with Gasteiger partial charge in [0.1, 0.15) is 0 Å². The molecule has 1 heterocycles. The van der Waals surface area contributed by atoms with Crippen LogP contribution in [0.2, 0.25) is 0 Å². The van der Waals surface area contributed by atoms with Crippen LogP contribution in [-0.2, 0) is 0 Å². The third-order valence-electron chi connectivity index (χ3n) is 5.36. The zero-order valence-corrected chi connectivity index (χ0v) is 9.68. The molecule has 0 N–H and O–H groups in total. The van der Waals surface area contributed by atoms with Crippen molar-refractivity contribution in [2.75, 3.05) is 0 Å². The summed E-state index contributed by atoms with van der Waals surface area (Å²) < 4.78 is 0. The van der Waals surface area contributed by atoms with Gasteiger partial charge in [-0.1, -0.05) is 14.6 Å². The summed E-state index contributed by atoms with van der Waals surface area (Å²) in [6.45, 7) is 0. The summed E-state index contributed by atoms with van der Waals surface area (Å²) in [6, 6.07) is 0. The fourth-order valence-electron chi connectivity index (χ4n) is 4.32. The number of rotatable bonds is 5. The summed E-state index contributed by atoms with van der Waals surface area (Å²) in [5.74, 6) is 6.08. The molecule has 0 nitrogen and oxygen atoms in total. The van der Waals surface area contributed by atoms with Crippen molar-refractivity contribution >= 4 is 14.0 Å². The SMILES string of the molecule is C1=PC1CCCC1C2CCC12C1CC1. The molecule has 0 amide bonds. The maximum Gasteiger partial charge on any atom is 0.0228 e. The molecule has 0 bridgehead atoms. The lowest BCUT2D eigenvalue weighted by atomic mass is 9.80. The molecule has 0 saturated heterocycles. The molecular weight excluding hydrogens is 187 g/mol. The van der Waals surface area contributed by atoms with Gasteiger partial charge in [0.2, 0.25) is 0 Å². The second-order valence-corrected chi connectivity index (χ2v) is 7.19. The van der Waals surface area contributed by atoms with Crippen LogP contribution in [0.3, 0.4) is 0 Å². The van der Waals surface area contributed by atoms with Gasteiger partial charge in [0.05, 0.1) is 0 Å². The highest BCUT2D eigenvalue weighted by Gasteiger charge is 2.73. The van der Waals surface area contributed by atoms with Crippen LogP contribution >= 0.6 is 8.20 Å². The summed E-state index contributed by atoms with van der Waals surface area (Å²) in [6.07, 6.45) is 11.0. The first kappa shape index (κ1) is 8.34. The Morgan fingerprint density at radius 2 is 2.07 bits per heavy atom. The first-order valence-electron chi connectivity index (χ1n) is 6.44. The molecule has 76 valence electrons. The Kier molecular flexibility index (Phi) is 1.57. The smallest absolute Gasteiger partial charge is 0.0228 e. The van der Waals surface area contributed by atoms with Crippen LogP contribution in [0.4, 0.5) is 0 Å². The molecule has 1 heteroatoms. The third kappa shape index (κ3) is 1.04. The molecular formula is C13H19P. The molecule has 3 saturated carbocycles. The topological polar surface area (TPSA) is 0 Å². The van der Waals surface area contributed by atoms with Crippen LogP contribution in [-0.4, -0.2) is 11.5 Å². The van der Waals surface area contributed by atoms with Gasteiger partial charge in [0, 0.05) is 5.66 Å². The van der Waals surface area contributed by atoms with Crippen LogP contribution in [0.25, 0.3) is 0 Å². The molecule has 3 aliphatic carbocycles. The van der Waals surface area contributed by atoms with E-state index >= 15 is 0 Å². The van der Waals surface area contributed by atoms with Crippen LogP contribution in [0.15, 0.2) is 0 Å². The minimum Gasteiger partial charge on any atom is -0.1000 e. The Morgan fingerprint density at radius 1 is 1.21 bits per heavy atom. The molecule has 0 spiro atoms. The van der Waals surface area contributed by atoms with E-state index in [-0.39, 0.29) is 0 Å². The van der Waals surface area contributed by atoms with Crippen molar-refractivity contribution in [1.29, 1.82) is 0 Å². The summed E-state index contributed by atoms with van der Waals surface area (Å²) in [5, 5.41) is 0. The Hall–Kier alpha value is 0.170. The quantitative estimate of drug-likeness (QED) is 0.601. The largest absolute Gasteiger partial charge is 0.1000 e. The van der Waals surface area contributed by atoms with E-state index in [0.29, 0.717) is 0 Å². The van der Waals surface area contributed by atoms with Crippen molar-refractivity contribution in [3.63, 3.8) is 0 Å². The van der Waals surface area contributed by atoms with E-state index in [0.717, 1.165) is 11.1 Å². The normalized spacial score (nSPS) is 53.6. The average Bonchev–Trinajstić information content (AvgIpc) is 2.96. The van der Waals surface area contributed by atoms with Gasteiger partial charge in [-0.15, -0.1) is 0 Å². The minimum atomic E-state index is 0.963. The number of hydrogen-bond donors (Lipinski definition) is 0. The van der Waals surface area contributed by atoms with Gasteiger partial charge in [-0.05, 0) is 67.5 Å². The van der Waals surface area contributed by atoms with Crippen molar-refractivity contribution in [3.05, 3.63) is 0 Å². The van der Waals surface area contributed by atoms with Crippen molar-refractivity contribution in [2.45, 2.75) is 50.6 Å². The molecule has 4 rings (SSSR count). The molecule has 0 aromatic heterocycles. The maximum absolute atomic E-state index is 2.46. The second kappa shape index (κ2) is 2.64. The molecule has 0 radical (unpaired) electrons. The van der Waals surface area contributed by atoms with Gasteiger partial charge in [0.15, 0.2) is 0 Å². The fourth-order valence-corrected chi connectivity index (χ4v) is 4.92. The molecule has 1 aliphatic heterocycles.